The van der Waals surface area contributed by atoms with Crippen LogP contribution < -0.4 is 0 Å². The molecule has 1 aliphatic heterocycles. The molecule has 0 aromatic carbocycles. The lowest BCUT2D eigenvalue weighted by molar-refractivity contribution is 0.303. The van der Waals surface area contributed by atoms with E-state index >= 15 is 0 Å². The molecule has 2 aromatic rings. The van der Waals surface area contributed by atoms with Crippen molar-refractivity contribution in [2.45, 2.75) is 84.0 Å². The van der Waals surface area contributed by atoms with Gasteiger partial charge in [-0.05, 0) is 43.2 Å². The van der Waals surface area contributed by atoms with Crippen molar-refractivity contribution in [3.05, 3.63) is 65.1 Å². The Morgan fingerprint density at radius 1 is 0.903 bits per heavy atom. The van der Waals surface area contributed by atoms with Crippen molar-refractivity contribution in [2.24, 2.45) is 4.99 Å². The van der Waals surface area contributed by atoms with Gasteiger partial charge in [-0.2, -0.15) is 0 Å². The fraction of sp³-hybridized carbons (Fsp3) is 0.519. The zero-order valence-electron chi connectivity index (χ0n) is 19.4. The highest BCUT2D eigenvalue weighted by molar-refractivity contribution is 6.11. The van der Waals surface area contributed by atoms with Gasteiger partial charge in [-0.25, -0.2) is 4.99 Å². The van der Waals surface area contributed by atoms with Gasteiger partial charge in [-0.15, -0.1) is 0 Å². The van der Waals surface area contributed by atoms with Crippen LogP contribution in [0.25, 0.3) is 6.08 Å². The maximum Gasteiger partial charge on any atom is 0.146 e. The molecule has 0 amide bonds. The summed E-state index contributed by atoms with van der Waals surface area (Å²) < 4.78 is 5.53. The number of unbranched alkanes of at least 4 members (excludes halogenated alkanes) is 10. The number of hydrogen-bond donors (Lipinski definition) is 2. The molecule has 4 nitrogen and oxygen atoms in total. The first-order valence-corrected chi connectivity index (χ1v) is 12.2. The van der Waals surface area contributed by atoms with Crippen molar-refractivity contribution in [1.82, 2.24) is 9.97 Å². The van der Waals surface area contributed by atoms with E-state index < -0.39 is 0 Å². The van der Waals surface area contributed by atoms with Gasteiger partial charge in [0.2, 0.25) is 0 Å². The fourth-order valence-electron chi connectivity index (χ4n) is 4.13. The number of allylic oxidation sites excluding steroid dienone is 1. The summed E-state index contributed by atoms with van der Waals surface area (Å²) in [5, 5.41) is 0. The summed E-state index contributed by atoms with van der Waals surface area (Å²) >= 11 is 0. The number of rotatable bonds is 15. The third kappa shape index (κ3) is 7.61. The van der Waals surface area contributed by atoms with Gasteiger partial charge in [-0.1, -0.05) is 71.1 Å². The lowest BCUT2D eigenvalue weighted by Gasteiger charge is -2.02. The predicted octanol–water partition coefficient (Wildman–Crippen LogP) is 7.57. The molecule has 4 heteroatoms. The molecule has 0 saturated heterocycles. The number of aryl methyl sites for hydroxylation is 1. The van der Waals surface area contributed by atoms with Crippen LogP contribution in [0, 0.1) is 0 Å². The Bertz CT molecular complexity index is 855. The Labute approximate surface area is 187 Å². The second kappa shape index (κ2) is 13.0. The Morgan fingerprint density at radius 2 is 1.61 bits per heavy atom. The molecule has 0 radical (unpaired) electrons. The summed E-state index contributed by atoms with van der Waals surface area (Å²) in [7, 11) is 1.69. The average Bonchev–Trinajstić information content (AvgIpc) is 3.53. The standard InChI is InChI=1S/C27H39N3O/c1-3-4-5-6-7-8-9-10-11-12-13-15-22-17-18-23(29-22)20-26-27(31-2)21-25(30-26)24-16-14-19-28-24/h14,16-21,28-29H,3-13,15H2,1-2H3/b26-20-. The number of methoxy groups -OCH3 is 1. The zero-order valence-corrected chi connectivity index (χ0v) is 19.4. The SMILES string of the molecule is CCCCCCCCCCCCCc1ccc(/C=C2\N=C(c3ccc[nH]3)C=C2OC)[nH]1. The molecule has 168 valence electrons. The number of aliphatic imine (C=N–C) groups is 1. The second-order valence-electron chi connectivity index (χ2n) is 8.55. The average molecular weight is 422 g/mol. The van der Waals surface area contributed by atoms with Crippen LogP contribution in [0.15, 0.2) is 53.0 Å². The number of H-pyrrole nitrogens is 2. The van der Waals surface area contributed by atoms with Crippen molar-refractivity contribution < 1.29 is 4.74 Å². The summed E-state index contributed by atoms with van der Waals surface area (Å²) in [6, 6.07) is 8.33. The number of nitrogens with one attached hydrogen (secondary N) is 2. The first kappa shape index (κ1) is 23.2. The maximum absolute atomic E-state index is 5.53. The Hall–Kier alpha value is -2.49. The first-order valence-electron chi connectivity index (χ1n) is 12.2. The van der Waals surface area contributed by atoms with Gasteiger partial charge in [0.15, 0.2) is 0 Å². The van der Waals surface area contributed by atoms with Gasteiger partial charge >= 0.3 is 0 Å². The zero-order chi connectivity index (χ0) is 21.7. The number of nitrogens with zero attached hydrogens (tertiary/aromatic N) is 1. The molecule has 2 N–H and O–H groups in total. The largest absolute Gasteiger partial charge is 0.494 e. The third-order valence-electron chi connectivity index (χ3n) is 5.97. The lowest BCUT2D eigenvalue weighted by atomic mass is 10.0. The maximum atomic E-state index is 5.53. The number of ether oxygens (including phenoxy) is 1. The monoisotopic (exact) mass is 421 g/mol. The van der Waals surface area contributed by atoms with E-state index in [1.807, 2.05) is 24.4 Å². The third-order valence-corrected chi connectivity index (χ3v) is 5.97. The molecule has 0 fully saturated rings. The molecule has 0 saturated carbocycles. The topological polar surface area (TPSA) is 53.2 Å². The Balaban J connectivity index is 1.36. The van der Waals surface area contributed by atoms with Crippen molar-refractivity contribution in [1.29, 1.82) is 0 Å². The van der Waals surface area contributed by atoms with E-state index in [0.717, 1.165) is 35.0 Å². The molecular formula is C27H39N3O. The van der Waals surface area contributed by atoms with E-state index in [2.05, 4.69) is 35.1 Å². The van der Waals surface area contributed by atoms with E-state index in [0.29, 0.717) is 0 Å². The van der Waals surface area contributed by atoms with Crippen LogP contribution in [0.1, 0.15) is 94.6 Å². The summed E-state index contributed by atoms with van der Waals surface area (Å²) in [5.41, 5.74) is 5.14. The van der Waals surface area contributed by atoms with Crippen molar-refractivity contribution in [3.8, 4) is 0 Å². The van der Waals surface area contributed by atoms with Gasteiger partial charge < -0.3 is 14.7 Å². The minimum Gasteiger partial charge on any atom is -0.494 e. The van der Waals surface area contributed by atoms with E-state index in [-0.39, 0.29) is 0 Å². The number of aromatic nitrogens is 2. The molecule has 3 rings (SSSR count). The van der Waals surface area contributed by atoms with Crippen molar-refractivity contribution >= 4 is 11.8 Å². The quantitative estimate of drug-likeness (QED) is 0.286. The summed E-state index contributed by atoms with van der Waals surface area (Å²) in [6.45, 7) is 2.28. The minimum atomic E-state index is 0.797. The summed E-state index contributed by atoms with van der Waals surface area (Å²) in [4.78, 5) is 11.5. The Morgan fingerprint density at radius 3 is 2.26 bits per heavy atom. The van der Waals surface area contributed by atoms with Crippen LogP contribution in [0.2, 0.25) is 0 Å². The van der Waals surface area contributed by atoms with Crippen LogP contribution in [-0.2, 0) is 11.2 Å². The highest BCUT2D eigenvalue weighted by atomic mass is 16.5. The Kier molecular flexibility index (Phi) is 9.75. The van der Waals surface area contributed by atoms with E-state index in [1.54, 1.807) is 7.11 Å². The highest BCUT2D eigenvalue weighted by Crippen LogP contribution is 2.24. The van der Waals surface area contributed by atoms with Gasteiger partial charge in [0.25, 0.3) is 0 Å². The van der Waals surface area contributed by atoms with Crippen molar-refractivity contribution in [3.63, 3.8) is 0 Å². The van der Waals surface area contributed by atoms with Gasteiger partial charge in [0, 0.05) is 23.7 Å². The van der Waals surface area contributed by atoms with E-state index in [9.17, 15) is 0 Å². The first-order chi connectivity index (χ1) is 15.3. The van der Waals surface area contributed by atoms with Crippen LogP contribution >= 0.6 is 0 Å². The number of aromatic amines is 2. The normalized spacial score (nSPS) is 14.8. The van der Waals surface area contributed by atoms with E-state index in [1.165, 1.54) is 76.3 Å². The van der Waals surface area contributed by atoms with Gasteiger partial charge in [-0.3, -0.25) is 0 Å². The van der Waals surface area contributed by atoms with Crippen LogP contribution in [-0.4, -0.2) is 22.8 Å². The molecule has 0 unspecified atom stereocenters. The van der Waals surface area contributed by atoms with Crippen LogP contribution in [0.3, 0.4) is 0 Å². The lowest BCUT2D eigenvalue weighted by Crippen LogP contribution is -1.93. The molecule has 0 bridgehead atoms. The summed E-state index contributed by atoms with van der Waals surface area (Å²) in [5.74, 6) is 0.797. The molecular weight excluding hydrogens is 382 g/mol. The smallest absolute Gasteiger partial charge is 0.146 e. The van der Waals surface area contributed by atoms with E-state index in [4.69, 9.17) is 9.73 Å². The predicted molar refractivity (Wildman–Crippen MR) is 131 cm³/mol. The second-order valence-corrected chi connectivity index (χ2v) is 8.55. The van der Waals surface area contributed by atoms with Crippen LogP contribution in [0.4, 0.5) is 0 Å². The van der Waals surface area contributed by atoms with Gasteiger partial charge in [0.1, 0.15) is 11.5 Å². The summed E-state index contributed by atoms with van der Waals surface area (Å²) in [6.07, 6.45) is 22.3. The fourth-order valence-corrected chi connectivity index (χ4v) is 4.13. The minimum absolute atomic E-state index is 0.797. The molecule has 3 heterocycles. The molecule has 1 aliphatic rings. The molecule has 0 aliphatic carbocycles. The van der Waals surface area contributed by atoms with Crippen molar-refractivity contribution in [2.75, 3.05) is 7.11 Å². The molecule has 0 atom stereocenters. The molecule has 31 heavy (non-hydrogen) atoms. The molecule has 2 aromatic heterocycles. The van der Waals surface area contributed by atoms with Crippen LogP contribution in [0.5, 0.6) is 0 Å². The van der Waals surface area contributed by atoms with Gasteiger partial charge in [0.05, 0.1) is 18.5 Å². The number of hydrogen-bond acceptors (Lipinski definition) is 2. The highest BCUT2D eigenvalue weighted by Gasteiger charge is 2.17. The molecule has 0 spiro atoms.